The molecule has 1 aliphatic rings. The van der Waals surface area contributed by atoms with Crippen LogP contribution in [-0.4, -0.2) is 75.3 Å². The van der Waals surface area contributed by atoms with Crippen molar-refractivity contribution in [1.82, 2.24) is 20.0 Å². The zero-order valence-electron chi connectivity index (χ0n) is 24.3. The minimum atomic E-state index is -3.66. The molecule has 1 fully saturated rings. The van der Waals surface area contributed by atoms with E-state index >= 15 is 0 Å². The van der Waals surface area contributed by atoms with E-state index in [9.17, 15) is 33.0 Å². The summed E-state index contributed by atoms with van der Waals surface area (Å²) in [6, 6.07) is 16.5. The third-order valence-electron chi connectivity index (χ3n) is 7.20. The summed E-state index contributed by atoms with van der Waals surface area (Å²) < 4.78 is 26.6. The largest absolute Gasteiger partial charge is 0.507 e. The molecule has 3 aromatic carbocycles. The lowest BCUT2D eigenvalue weighted by Crippen LogP contribution is -2.58. The second kappa shape index (κ2) is 13.4. The van der Waals surface area contributed by atoms with E-state index in [4.69, 9.17) is 11.6 Å². The minimum absolute atomic E-state index is 0.00557. The smallest absolute Gasteiger partial charge is 0.405 e. The van der Waals surface area contributed by atoms with E-state index in [0.29, 0.717) is 38.7 Å². The number of amides is 3. The number of carbonyl (C=O) groups excluding carboxylic acids is 2. The number of rotatable bonds is 6. The fraction of sp³-hybridized carbons (Fsp3) is 0.188. The van der Waals surface area contributed by atoms with Gasteiger partial charge in [-0.15, -0.1) is 0 Å². The van der Waals surface area contributed by atoms with Gasteiger partial charge in [0.1, 0.15) is 23.5 Å². The number of nitrogens with one attached hydrogen (secondary N) is 2. The van der Waals surface area contributed by atoms with Crippen LogP contribution in [0.25, 0.3) is 11.3 Å². The van der Waals surface area contributed by atoms with Gasteiger partial charge in [0.2, 0.25) is 5.91 Å². The average Bonchev–Trinajstić information content (AvgIpc) is 3.40. The molecule has 46 heavy (non-hydrogen) atoms. The molecule has 0 saturated carbocycles. The fourth-order valence-corrected chi connectivity index (χ4v) is 6.62. The summed E-state index contributed by atoms with van der Waals surface area (Å²) in [6.45, 7) is -0.276. The van der Waals surface area contributed by atoms with Crippen molar-refractivity contribution in [2.75, 3.05) is 23.4 Å². The lowest BCUT2D eigenvalue weighted by atomic mass is 10.0. The molecule has 236 valence electrons. The first-order valence-electron chi connectivity index (χ1n) is 13.9. The summed E-state index contributed by atoms with van der Waals surface area (Å²) >= 11 is 6.11. The van der Waals surface area contributed by atoms with Gasteiger partial charge in [0.05, 0.1) is 17.1 Å². The van der Waals surface area contributed by atoms with Crippen molar-refractivity contribution in [3.05, 3.63) is 101 Å². The molecular formula is C32H28ClN5O7S. The first-order chi connectivity index (χ1) is 21.9. The molecule has 1 unspecified atom stereocenters. The van der Waals surface area contributed by atoms with Crippen molar-refractivity contribution >= 4 is 45.0 Å². The number of benzene rings is 3. The highest BCUT2D eigenvalue weighted by Crippen LogP contribution is 2.32. The van der Waals surface area contributed by atoms with E-state index < -0.39 is 45.6 Å². The van der Waals surface area contributed by atoms with E-state index in [1.165, 1.54) is 6.07 Å². The van der Waals surface area contributed by atoms with Crippen LogP contribution in [-0.2, 0) is 26.5 Å². The first-order valence-corrected chi connectivity index (χ1v) is 16.1. The summed E-state index contributed by atoms with van der Waals surface area (Å²) in [5.74, 6) is 3.61. The molecule has 1 saturated heterocycles. The molecule has 0 radical (unpaired) electrons. The Kier molecular flexibility index (Phi) is 9.31. The predicted octanol–water partition coefficient (Wildman–Crippen LogP) is 3.42. The topological polar surface area (TPSA) is 171 Å². The molecule has 0 bridgehead atoms. The first kappa shape index (κ1) is 32.1. The number of hydrogen-bond donors (Lipinski definition) is 4. The summed E-state index contributed by atoms with van der Waals surface area (Å²) in [5.41, 5.74) is 2.70. The summed E-state index contributed by atoms with van der Waals surface area (Å²) in [6.07, 6.45) is 0.259. The Morgan fingerprint density at radius 1 is 1.04 bits per heavy atom. The number of nitrogens with zero attached hydrogens (tertiary/aromatic N) is 3. The molecule has 2 heterocycles. The Balaban J connectivity index is 1.34. The molecule has 4 aromatic rings. The molecule has 2 atom stereocenters. The van der Waals surface area contributed by atoms with E-state index in [2.05, 4.69) is 27.6 Å². The third-order valence-corrected chi connectivity index (χ3v) is 9.06. The Hall–Kier alpha value is -5.32. The number of aryl methyl sites for hydroxylation is 1. The van der Waals surface area contributed by atoms with Crippen LogP contribution < -0.4 is 10.6 Å². The zero-order chi connectivity index (χ0) is 33.0. The fourth-order valence-electron chi connectivity index (χ4n) is 4.99. The van der Waals surface area contributed by atoms with Crippen molar-refractivity contribution in [2.45, 2.75) is 12.1 Å². The minimum Gasteiger partial charge on any atom is -0.507 e. The van der Waals surface area contributed by atoms with E-state index in [1.807, 2.05) is 0 Å². The van der Waals surface area contributed by atoms with Crippen LogP contribution in [0.1, 0.15) is 22.7 Å². The van der Waals surface area contributed by atoms with Crippen LogP contribution >= 0.6 is 11.6 Å². The number of carboxylic acid groups (broad SMARTS) is 1. The van der Waals surface area contributed by atoms with Crippen molar-refractivity contribution < 1.29 is 33.0 Å². The highest BCUT2D eigenvalue weighted by Gasteiger charge is 2.41. The number of aromatic nitrogens is 2. The molecule has 12 nitrogen and oxygen atoms in total. The van der Waals surface area contributed by atoms with Crippen LogP contribution in [0.15, 0.2) is 79.0 Å². The number of phenols is 1. The number of anilines is 1. The summed E-state index contributed by atoms with van der Waals surface area (Å²) in [5, 5.41) is 29.4. The molecule has 1 aliphatic heterocycles. The van der Waals surface area contributed by atoms with Gasteiger partial charge >= 0.3 is 6.09 Å². The zero-order valence-corrected chi connectivity index (χ0v) is 25.9. The molecular weight excluding hydrogens is 634 g/mol. The highest BCUT2D eigenvalue weighted by molar-refractivity contribution is 7.91. The van der Waals surface area contributed by atoms with Gasteiger partial charge in [-0.3, -0.25) is 14.3 Å². The van der Waals surface area contributed by atoms with Gasteiger partial charge in [0.25, 0.3) is 5.91 Å². The predicted molar refractivity (Wildman–Crippen MR) is 171 cm³/mol. The maximum absolute atomic E-state index is 13.6. The van der Waals surface area contributed by atoms with Crippen molar-refractivity contribution in [3.8, 4) is 28.8 Å². The highest BCUT2D eigenvalue weighted by atomic mass is 35.5. The number of aromatic hydroxyl groups is 1. The second-order valence-corrected chi connectivity index (χ2v) is 13.2. The van der Waals surface area contributed by atoms with Gasteiger partial charge in [0, 0.05) is 41.6 Å². The number of hydrogen-bond acceptors (Lipinski definition) is 7. The molecule has 3 amide bonds. The maximum atomic E-state index is 13.6. The maximum Gasteiger partial charge on any atom is 0.405 e. The van der Waals surface area contributed by atoms with Gasteiger partial charge in [0.15, 0.2) is 9.84 Å². The third kappa shape index (κ3) is 7.48. The number of halogens is 1. The van der Waals surface area contributed by atoms with Crippen molar-refractivity contribution in [3.63, 3.8) is 0 Å². The molecule has 4 N–H and O–H groups in total. The standard InChI is InChI=1S/C32H28ClN5O7S/c1-37-18-22(28(36-37)25-17-23(33)11-14-27(25)39)10-7-20-8-12-24(13-9-20)34-30(40)26-19-46(44,45)16-15-38(26)31(41)29(35-32(42)43)21-5-3-2-4-6-21/h2-6,8-9,11-14,17-18,26,29,35,39H,15-16,19H2,1H3,(H,34,40)(H,42,43)/t26-,29?/m1/s1. The average molecular weight is 662 g/mol. The summed E-state index contributed by atoms with van der Waals surface area (Å²) in [7, 11) is -1.93. The molecule has 0 spiro atoms. The molecule has 14 heteroatoms. The monoisotopic (exact) mass is 661 g/mol. The van der Waals surface area contributed by atoms with Crippen molar-refractivity contribution in [1.29, 1.82) is 0 Å². The molecule has 5 rings (SSSR count). The van der Waals surface area contributed by atoms with Crippen LogP contribution in [0.2, 0.25) is 5.02 Å². The van der Waals surface area contributed by atoms with Gasteiger partial charge < -0.3 is 25.7 Å². The molecule has 1 aromatic heterocycles. The van der Waals surface area contributed by atoms with Crippen LogP contribution in [0.3, 0.4) is 0 Å². The molecule has 0 aliphatic carbocycles. The lowest BCUT2D eigenvalue weighted by molar-refractivity contribution is -0.139. The van der Waals surface area contributed by atoms with E-state index in [0.717, 1.165) is 4.90 Å². The van der Waals surface area contributed by atoms with Crippen LogP contribution in [0.5, 0.6) is 5.75 Å². The van der Waals surface area contributed by atoms with Crippen LogP contribution in [0, 0.1) is 11.8 Å². The number of carbonyl (C=O) groups is 3. The quantitative estimate of drug-likeness (QED) is 0.228. The lowest BCUT2D eigenvalue weighted by Gasteiger charge is -2.36. The SMILES string of the molecule is Cn1cc(C#Cc2ccc(NC(=O)[C@H]3CS(=O)(=O)CCN3C(=O)C(NC(=O)O)c3ccccc3)cc2)c(-c2cc(Cl)ccc2O)n1. The number of sulfone groups is 1. The number of phenolic OH excluding ortho intramolecular Hbond substituents is 1. The Labute approximate surface area is 269 Å². The van der Waals surface area contributed by atoms with Gasteiger partial charge in [-0.2, -0.15) is 5.10 Å². The Bertz CT molecular complexity index is 1970. The van der Waals surface area contributed by atoms with Crippen LogP contribution in [0.4, 0.5) is 10.5 Å². The normalized spacial score (nSPS) is 16.0. The summed E-state index contributed by atoms with van der Waals surface area (Å²) in [4.78, 5) is 39.6. The van der Waals surface area contributed by atoms with E-state index in [-0.39, 0.29) is 18.0 Å². The Morgan fingerprint density at radius 2 is 1.76 bits per heavy atom. The second-order valence-electron chi connectivity index (χ2n) is 10.5. The van der Waals surface area contributed by atoms with Crippen molar-refractivity contribution in [2.24, 2.45) is 7.05 Å². The van der Waals surface area contributed by atoms with Gasteiger partial charge in [-0.25, -0.2) is 13.2 Å². The van der Waals surface area contributed by atoms with E-state index in [1.54, 1.807) is 84.7 Å². The Morgan fingerprint density at radius 3 is 2.46 bits per heavy atom. The van der Waals surface area contributed by atoms with Gasteiger partial charge in [-0.05, 0) is 48.0 Å². The van der Waals surface area contributed by atoms with Gasteiger partial charge in [-0.1, -0.05) is 53.8 Å².